The van der Waals surface area contributed by atoms with Crippen molar-refractivity contribution in [2.75, 3.05) is 20.2 Å². The third kappa shape index (κ3) is 7.63. The van der Waals surface area contributed by atoms with E-state index in [-0.39, 0.29) is 49.6 Å². The standard InChI is InChI=1S/C31H37FN4O5/c1-3-20-7-6-8-22(15-20)31(12-13-31)34-19-26(37)24-17-21-10-11-27(23(32)16-21)41-14-5-4-9-29(39)36(2)25(18-28(33)38)30(40)35-24/h1,6-8,10-11,15-16,24-26,34,37H,4-5,9,12-14,17-19H2,2H3,(H2,33,38)(H,35,40)/t24-,25?,26+/m0/s1. The number of benzene rings is 2. The number of nitrogens with zero attached hydrogens (tertiary/aromatic N) is 1. The molecule has 2 heterocycles. The van der Waals surface area contributed by atoms with Crippen LogP contribution >= 0.6 is 0 Å². The van der Waals surface area contributed by atoms with E-state index in [1.807, 2.05) is 24.3 Å². The summed E-state index contributed by atoms with van der Waals surface area (Å²) in [7, 11) is 1.46. The monoisotopic (exact) mass is 564 g/mol. The SMILES string of the molecule is C#Cc1cccc(C2(NC[C@@H](O)[C@@H]3Cc4ccc(c(F)c4)OCCCCC(=O)N(C)C(CC(N)=O)C(=O)N3)CC2)c1. The van der Waals surface area contributed by atoms with Crippen molar-refractivity contribution in [2.24, 2.45) is 5.73 Å². The smallest absolute Gasteiger partial charge is 0.243 e. The van der Waals surface area contributed by atoms with E-state index in [1.165, 1.54) is 24.1 Å². The first-order chi connectivity index (χ1) is 19.6. The molecule has 2 aromatic rings. The minimum atomic E-state index is -1.16. The van der Waals surface area contributed by atoms with Crippen LogP contribution in [-0.2, 0) is 26.3 Å². The number of nitrogens with one attached hydrogen (secondary N) is 2. The predicted octanol–water partition coefficient (Wildman–Crippen LogP) is 1.74. The van der Waals surface area contributed by atoms with Crippen LogP contribution in [0.1, 0.15) is 55.2 Å². The zero-order valence-electron chi connectivity index (χ0n) is 23.2. The van der Waals surface area contributed by atoms with Gasteiger partial charge in [-0.05, 0) is 67.5 Å². The second-order valence-corrected chi connectivity index (χ2v) is 10.8. The molecule has 3 amide bonds. The molecule has 5 N–H and O–H groups in total. The van der Waals surface area contributed by atoms with Gasteiger partial charge in [0.15, 0.2) is 11.6 Å². The number of carbonyl (C=O) groups excluding carboxylic acids is 3. The van der Waals surface area contributed by atoms with Crippen LogP contribution in [0.4, 0.5) is 4.39 Å². The first-order valence-electron chi connectivity index (χ1n) is 13.9. The molecule has 0 aromatic heterocycles. The minimum absolute atomic E-state index is 0.0896. The van der Waals surface area contributed by atoms with Crippen LogP contribution in [0, 0.1) is 18.2 Å². The fourth-order valence-electron chi connectivity index (χ4n) is 5.15. The molecule has 0 spiro atoms. The van der Waals surface area contributed by atoms with E-state index in [0.29, 0.717) is 18.4 Å². The Hall–Kier alpha value is -3.94. The van der Waals surface area contributed by atoms with Crippen molar-refractivity contribution in [1.82, 2.24) is 15.5 Å². The van der Waals surface area contributed by atoms with Crippen molar-refractivity contribution < 1.29 is 28.6 Å². The summed E-state index contributed by atoms with van der Waals surface area (Å²) in [4.78, 5) is 39.4. The van der Waals surface area contributed by atoms with Crippen LogP contribution in [0.3, 0.4) is 0 Å². The number of nitrogens with two attached hydrogens (primary N) is 1. The molecule has 1 aliphatic carbocycles. The van der Waals surface area contributed by atoms with Crippen LogP contribution in [0.25, 0.3) is 0 Å². The summed E-state index contributed by atoms with van der Waals surface area (Å²) in [5.41, 5.74) is 7.38. The van der Waals surface area contributed by atoms with E-state index in [1.54, 1.807) is 6.07 Å². The highest BCUT2D eigenvalue weighted by molar-refractivity contribution is 5.91. The van der Waals surface area contributed by atoms with Crippen LogP contribution < -0.4 is 21.1 Å². The molecule has 1 unspecified atom stereocenters. The number of terminal acetylenes is 1. The molecule has 5 rings (SSSR count). The number of rotatable bonds is 7. The largest absolute Gasteiger partial charge is 0.491 e. The van der Waals surface area contributed by atoms with Gasteiger partial charge in [0.05, 0.1) is 25.2 Å². The normalized spacial score (nSPS) is 21.9. The number of aliphatic hydroxyl groups excluding tert-OH is 1. The average molecular weight is 565 g/mol. The summed E-state index contributed by atoms with van der Waals surface area (Å²) in [6, 6.07) is 10.2. The van der Waals surface area contributed by atoms with Crippen LogP contribution in [0.2, 0.25) is 0 Å². The topological polar surface area (TPSA) is 134 Å². The minimum Gasteiger partial charge on any atom is -0.491 e. The Bertz CT molecular complexity index is 1320. The molecule has 0 radical (unpaired) electrons. The number of carbonyl (C=O) groups is 3. The van der Waals surface area contributed by atoms with Crippen LogP contribution in [-0.4, -0.2) is 66.1 Å². The van der Waals surface area contributed by atoms with E-state index in [0.717, 1.165) is 24.0 Å². The number of aliphatic hydroxyl groups is 1. The maximum Gasteiger partial charge on any atom is 0.243 e. The van der Waals surface area contributed by atoms with E-state index in [2.05, 4.69) is 16.6 Å². The predicted molar refractivity (Wildman–Crippen MR) is 151 cm³/mol. The lowest BCUT2D eigenvalue weighted by atomic mass is 9.98. The fourth-order valence-corrected chi connectivity index (χ4v) is 5.15. The molecular formula is C31H37FN4O5. The van der Waals surface area contributed by atoms with Crippen molar-refractivity contribution >= 4 is 17.7 Å². The number of amides is 3. The molecule has 2 aromatic carbocycles. The van der Waals surface area contributed by atoms with E-state index in [4.69, 9.17) is 16.9 Å². The molecule has 41 heavy (non-hydrogen) atoms. The molecule has 2 bridgehead atoms. The van der Waals surface area contributed by atoms with Gasteiger partial charge in [0.1, 0.15) is 6.04 Å². The van der Waals surface area contributed by atoms with Gasteiger partial charge in [-0.3, -0.25) is 14.4 Å². The molecule has 1 saturated carbocycles. The van der Waals surface area contributed by atoms with Crippen molar-refractivity contribution in [3.05, 3.63) is 65.0 Å². The Morgan fingerprint density at radius 1 is 1.29 bits per heavy atom. The van der Waals surface area contributed by atoms with Crippen molar-refractivity contribution in [3.63, 3.8) is 0 Å². The average Bonchev–Trinajstić information content (AvgIpc) is 3.75. The van der Waals surface area contributed by atoms with Gasteiger partial charge in [-0.2, -0.15) is 0 Å². The molecule has 2 aliphatic heterocycles. The Morgan fingerprint density at radius 3 is 2.76 bits per heavy atom. The Kier molecular flexibility index (Phi) is 9.63. The lowest BCUT2D eigenvalue weighted by molar-refractivity contribution is -0.141. The lowest BCUT2D eigenvalue weighted by Crippen LogP contribution is -2.56. The number of ether oxygens (including phenoxy) is 1. The summed E-state index contributed by atoms with van der Waals surface area (Å²) in [5, 5.41) is 17.6. The third-order valence-electron chi connectivity index (χ3n) is 7.83. The number of fused-ring (bicyclic) bond motifs is 13. The molecular weight excluding hydrogens is 527 g/mol. The maximum atomic E-state index is 14.8. The Labute approximate surface area is 239 Å². The number of hydrogen-bond acceptors (Lipinski definition) is 6. The summed E-state index contributed by atoms with van der Waals surface area (Å²) in [6.45, 7) is 0.335. The highest BCUT2D eigenvalue weighted by Gasteiger charge is 2.44. The van der Waals surface area contributed by atoms with E-state index >= 15 is 0 Å². The number of hydrogen-bond donors (Lipinski definition) is 4. The van der Waals surface area contributed by atoms with Gasteiger partial charge in [-0.15, -0.1) is 6.42 Å². The highest BCUT2D eigenvalue weighted by atomic mass is 19.1. The zero-order chi connectivity index (χ0) is 29.6. The quantitative estimate of drug-likeness (QED) is 0.379. The number of halogens is 1. The summed E-state index contributed by atoms with van der Waals surface area (Å²) < 4.78 is 20.4. The van der Waals surface area contributed by atoms with Gasteiger partial charge in [-0.25, -0.2) is 4.39 Å². The van der Waals surface area contributed by atoms with Gasteiger partial charge in [0.2, 0.25) is 17.7 Å². The molecule has 9 nitrogen and oxygen atoms in total. The first kappa shape index (κ1) is 30.0. The Morgan fingerprint density at radius 2 is 2.07 bits per heavy atom. The summed E-state index contributed by atoms with van der Waals surface area (Å²) >= 11 is 0. The fraction of sp³-hybridized carbons (Fsp3) is 0.452. The first-order valence-corrected chi connectivity index (χ1v) is 13.9. The number of likely N-dealkylation sites (N-methyl/N-ethyl adjacent to an activating group) is 1. The lowest BCUT2D eigenvalue weighted by Gasteiger charge is -2.31. The molecule has 3 atom stereocenters. The molecule has 10 heteroatoms. The van der Waals surface area contributed by atoms with Gasteiger partial charge < -0.3 is 31.1 Å². The van der Waals surface area contributed by atoms with E-state index in [9.17, 15) is 23.9 Å². The Balaban J connectivity index is 1.58. The summed E-state index contributed by atoms with van der Waals surface area (Å²) in [5.74, 6) is 0.476. The van der Waals surface area contributed by atoms with Crippen LogP contribution in [0.5, 0.6) is 5.75 Å². The van der Waals surface area contributed by atoms with Crippen molar-refractivity contribution in [3.8, 4) is 18.1 Å². The third-order valence-corrected chi connectivity index (χ3v) is 7.83. The van der Waals surface area contributed by atoms with Crippen molar-refractivity contribution in [1.29, 1.82) is 0 Å². The van der Waals surface area contributed by atoms with E-state index < -0.39 is 35.8 Å². The highest BCUT2D eigenvalue weighted by Crippen LogP contribution is 2.45. The molecule has 218 valence electrons. The maximum absolute atomic E-state index is 14.8. The van der Waals surface area contributed by atoms with Gasteiger partial charge in [0, 0.05) is 31.1 Å². The zero-order valence-corrected chi connectivity index (χ0v) is 23.2. The van der Waals surface area contributed by atoms with Crippen molar-refractivity contribution in [2.45, 2.75) is 68.7 Å². The second-order valence-electron chi connectivity index (χ2n) is 10.8. The second kappa shape index (κ2) is 13.1. The van der Waals surface area contributed by atoms with Crippen LogP contribution in [0.15, 0.2) is 42.5 Å². The molecule has 3 aliphatic rings. The van der Waals surface area contributed by atoms with Gasteiger partial charge in [-0.1, -0.05) is 24.1 Å². The number of primary amides is 1. The van der Waals surface area contributed by atoms with Gasteiger partial charge in [0.25, 0.3) is 0 Å². The van der Waals surface area contributed by atoms with Gasteiger partial charge >= 0.3 is 0 Å². The summed E-state index contributed by atoms with van der Waals surface area (Å²) in [6.07, 6.45) is 6.96. The molecule has 0 saturated heterocycles. The molecule has 1 fully saturated rings.